The molecule has 2 bridgehead atoms. The lowest BCUT2D eigenvalue weighted by molar-refractivity contribution is -0.164. The van der Waals surface area contributed by atoms with Crippen molar-refractivity contribution in [3.63, 3.8) is 0 Å². The number of nitrogens with zero attached hydrogens (tertiary/aromatic N) is 3. The molecule has 0 radical (unpaired) electrons. The molecule has 3 aliphatic rings. The van der Waals surface area contributed by atoms with Gasteiger partial charge in [0.2, 0.25) is 11.8 Å². The van der Waals surface area contributed by atoms with Crippen molar-refractivity contribution in [3.8, 4) is 0 Å². The standard InChI is InChI=1S/C38H46ClN3O7/c1-5-7-15-30(44)40(4)25(3)33(26-13-9-8-10-14-26)48-37(47)31-29-20-21-38(49-29)32(31)35(45)42(23-11-12-24-43)34(38)36(46)41(22-6-2)28-18-16-27(39)17-19-28/h5-6,8-10,13-14,16-19,25,29,31-34,43H,1-2,7,11-12,15,20-24H2,3-4H3/t25-,29+,31-,32-,33+,34+,38-/m0/s1. The quantitative estimate of drug-likeness (QED) is 0.148. The van der Waals surface area contributed by atoms with Crippen molar-refractivity contribution in [2.45, 2.75) is 75.3 Å². The molecule has 0 unspecified atom stereocenters. The predicted octanol–water partition coefficient (Wildman–Crippen LogP) is 5.10. The first-order valence-electron chi connectivity index (χ1n) is 17.0. The molecule has 2 aromatic carbocycles. The van der Waals surface area contributed by atoms with Crippen LogP contribution in [0.2, 0.25) is 5.02 Å². The highest BCUT2D eigenvalue weighted by molar-refractivity contribution is 6.30. The number of likely N-dealkylation sites (tertiary alicyclic amines) is 1. The second kappa shape index (κ2) is 15.7. The monoisotopic (exact) mass is 691 g/mol. The highest BCUT2D eigenvalue weighted by atomic mass is 35.5. The number of anilines is 1. The molecule has 0 saturated carbocycles. The Bertz CT molecular complexity index is 1540. The van der Waals surface area contributed by atoms with Gasteiger partial charge in [0.05, 0.1) is 24.0 Å². The minimum Gasteiger partial charge on any atom is -0.455 e. The molecular weight excluding hydrogens is 646 g/mol. The van der Waals surface area contributed by atoms with Crippen molar-refractivity contribution in [2.24, 2.45) is 11.8 Å². The summed E-state index contributed by atoms with van der Waals surface area (Å²) in [4.78, 5) is 61.1. The van der Waals surface area contributed by atoms with E-state index in [1.807, 2.05) is 37.3 Å². The maximum atomic E-state index is 14.6. The number of aliphatic hydroxyl groups is 1. The summed E-state index contributed by atoms with van der Waals surface area (Å²) in [5.41, 5.74) is 0.0654. The van der Waals surface area contributed by atoms with Crippen molar-refractivity contribution in [3.05, 3.63) is 90.5 Å². The summed E-state index contributed by atoms with van der Waals surface area (Å²) in [5, 5.41) is 10.0. The summed E-state index contributed by atoms with van der Waals surface area (Å²) in [6, 6.07) is 14.6. The average Bonchev–Trinajstić information content (AvgIpc) is 3.75. The second-order valence-corrected chi connectivity index (χ2v) is 13.5. The lowest BCUT2D eigenvalue weighted by atomic mass is 9.70. The number of rotatable bonds is 16. The van der Waals surface area contributed by atoms with Crippen LogP contribution in [0.25, 0.3) is 0 Å². The van der Waals surface area contributed by atoms with Crippen LogP contribution in [0.15, 0.2) is 79.9 Å². The van der Waals surface area contributed by atoms with Gasteiger partial charge in [-0.25, -0.2) is 0 Å². The molecule has 10 nitrogen and oxygen atoms in total. The number of carbonyl (C=O) groups excluding carboxylic acids is 4. The topological polar surface area (TPSA) is 117 Å². The third-order valence-corrected chi connectivity index (χ3v) is 10.5. The van der Waals surface area contributed by atoms with Crippen molar-refractivity contribution in [1.29, 1.82) is 0 Å². The Kier molecular flexibility index (Phi) is 11.6. The summed E-state index contributed by atoms with van der Waals surface area (Å²) >= 11 is 6.15. The number of ether oxygens (including phenoxy) is 2. The number of hydrogen-bond donors (Lipinski definition) is 1. The van der Waals surface area contributed by atoms with Gasteiger partial charge in [0, 0.05) is 43.9 Å². The van der Waals surface area contributed by atoms with Gasteiger partial charge in [-0.1, -0.05) is 54.1 Å². The van der Waals surface area contributed by atoms with Gasteiger partial charge in [-0.3, -0.25) is 19.2 Å². The van der Waals surface area contributed by atoms with E-state index in [-0.39, 0.29) is 43.8 Å². The number of unbranched alkanes of at least 4 members (excludes halogenated alkanes) is 1. The third kappa shape index (κ3) is 7.04. The van der Waals surface area contributed by atoms with Crippen LogP contribution in [0.4, 0.5) is 5.69 Å². The first-order valence-corrected chi connectivity index (χ1v) is 17.4. The number of benzene rings is 2. The molecule has 262 valence electrons. The van der Waals surface area contributed by atoms with Crippen molar-refractivity contribution < 1.29 is 33.8 Å². The molecule has 2 aromatic rings. The largest absolute Gasteiger partial charge is 0.455 e. The van der Waals surface area contributed by atoms with Gasteiger partial charge in [0.25, 0.3) is 5.91 Å². The van der Waals surface area contributed by atoms with Crippen LogP contribution in [0, 0.1) is 11.8 Å². The molecule has 3 aliphatic heterocycles. The number of fused-ring (bicyclic) bond motifs is 1. The highest BCUT2D eigenvalue weighted by Crippen LogP contribution is 2.59. The third-order valence-electron chi connectivity index (χ3n) is 10.2. The Labute approximate surface area is 293 Å². The Morgan fingerprint density at radius 2 is 1.84 bits per heavy atom. The van der Waals surface area contributed by atoms with Gasteiger partial charge in [0.15, 0.2) is 0 Å². The predicted molar refractivity (Wildman–Crippen MR) is 187 cm³/mol. The van der Waals surface area contributed by atoms with Crippen molar-refractivity contribution >= 4 is 41.0 Å². The molecule has 7 atom stereocenters. The molecule has 0 aromatic heterocycles. The average molecular weight is 692 g/mol. The Morgan fingerprint density at radius 1 is 1.12 bits per heavy atom. The maximum Gasteiger partial charge on any atom is 0.313 e. The minimum absolute atomic E-state index is 0.0559. The number of esters is 1. The van der Waals surface area contributed by atoms with E-state index in [4.69, 9.17) is 21.1 Å². The SMILES string of the molecule is C=CCCC(=O)N(C)[C@@H](C)[C@@H](OC(=O)[C@@H]1[C@H]2C(=O)N(CCCCO)[C@H](C(=O)N(CC=C)c3ccc(Cl)cc3)[C@]23CC[C@H]1O3)c1ccccc1. The summed E-state index contributed by atoms with van der Waals surface area (Å²) < 4.78 is 12.9. The van der Waals surface area contributed by atoms with E-state index in [0.717, 1.165) is 0 Å². The smallest absolute Gasteiger partial charge is 0.313 e. The molecule has 0 aliphatic carbocycles. The first-order chi connectivity index (χ1) is 23.6. The van der Waals surface area contributed by atoms with E-state index in [1.165, 1.54) is 0 Å². The van der Waals surface area contributed by atoms with E-state index >= 15 is 0 Å². The fraction of sp³-hybridized carbons (Fsp3) is 0.474. The van der Waals surface area contributed by atoms with E-state index in [1.54, 1.807) is 58.2 Å². The first kappa shape index (κ1) is 36.3. The zero-order valence-corrected chi connectivity index (χ0v) is 29.0. The Hall–Kier alpha value is -3.99. The zero-order valence-electron chi connectivity index (χ0n) is 28.2. The van der Waals surface area contributed by atoms with Gasteiger partial charge >= 0.3 is 5.97 Å². The van der Waals surface area contributed by atoms with Crippen LogP contribution in [0.3, 0.4) is 0 Å². The zero-order chi connectivity index (χ0) is 35.3. The van der Waals surface area contributed by atoms with E-state index < -0.39 is 47.7 Å². The normalized spacial score (nSPS) is 25.0. The number of likely N-dealkylation sites (N-methyl/N-ethyl adjacent to an activating group) is 1. The molecule has 3 heterocycles. The number of allylic oxidation sites excluding steroid dienone is 1. The van der Waals surface area contributed by atoms with Crippen LogP contribution in [0.5, 0.6) is 0 Å². The lowest BCUT2D eigenvalue weighted by Gasteiger charge is -2.37. The van der Waals surface area contributed by atoms with Gasteiger partial charge in [0.1, 0.15) is 17.7 Å². The van der Waals surface area contributed by atoms with E-state index in [9.17, 15) is 24.3 Å². The Morgan fingerprint density at radius 3 is 2.49 bits per heavy atom. The van der Waals surface area contributed by atoms with E-state index in [0.29, 0.717) is 48.4 Å². The Balaban J connectivity index is 1.48. The van der Waals surface area contributed by atoms with Gasteiger partial charge in [-0.15, -0.1) is 13.2 Å². The molecule has 3 fully saturated rings. The highest BCUT2D eigenvalue weighted by Gasteiger charge is 2.75. The number of amides is 3. The fourth-order valence-corrected chi connectivity index (χ4v) is 7.80. The van der Waals surface area contributed by atoms with Gasteiger partial charge in [-0.2, -0.15) is 0 Å². The summed E-state index contributed by atoms with van der Waals surface area (Å²) in [5.74, 6) is -3.26. The van der Waals surface area contributed by atoms with Gasteiger partial charge in [-0.05, 0) is 68.9 Å². The number of hydrogen-bond acceptors (Lipinski definition) is 7. The van der Waals surface area contributed by atoms with Crippen LogP contribution in [0.1, 0.15) is 57.1 Å². The molecule has 3 saturated heterocycles. The maximum absolute atomic E-state index is 14.6. The van der Waals surface area contributed by atoms with E-state index in [2.05, 4.69) is 13.2 Å². The molecule has 5 rings (SSSR count). The second-order valence-electron chi connectivity index (χ2n) is 13.1. The number of aliphatic hydroxyl groups excluding tert-OH is 1. The fourth-order valence-electron chi connectivity index (χ4n) is 7.68. The van der Waals surface area contributed by atoms with Crippen molar-refractivity contribution in [2.75, 3.05) is 31.6 Å². The molecule has 1 N–H and O–H groups in total. The molecule has 1 spiro atoms. The summed E-state index contributed by atoms with van der Waals surface area (Å²) in [6.07, 6.45) is 4.49. The molecule has 11 heteroatoms. The number of halogens is 1. The summed E-state index contributed by atoms with van der Waals surface area (Å²) in [7, 11) is 1.69. The van der Waals surface area contributed by atoms with Crippen molar-refractivity contribution in [1.82, 2.24) is 9.80 Å². The van der Waals surface area contributed by atoms with Crippen LogP contribution in [-0.4, -0.2) is 89.1 Å². The summed E-state index contributed by atoms with van der Waals surface area (Å²) in [6.45, 7) is 9.73. The lowest BCUT2D eigenvalue weighted by Crippen LogP contribution is -2.56. The van der Waals surface area contributed by atoms with Crippen LogP contribution < -0.4 is 4.90 Å². The molecule has 49 heavy (non-hydrogen) atoms. The molecular formula is C38H46ClN3O7. The minimum atomic E-state index is -1.24. The van der Waals surface area contributed by atoms with Crippen LogP contribution in [-0.2, 0) is 28.7 Å². The van der Waals surface area contributed by atoms with Crippen LogP contribution >= 0.6 is 11.6 Å². The molecule has 3 amide bonds. The number of carbonyl (C=O) groups is 4. The van der Waals surface area contributed by atoms with Gasteiger partial charge < -0.3 is 29.3 Å².